The third-order valence-electron chi connectivity index (χ3n) is 3.66. The first kappa shape index (κ1) is 19.3. The average molecular weight is 370 g/mol. The summed E-state index contributed by atoms with van der Waals surface area (Å²) in [4.78, 5) is 15.3. The van der Waals surface area contributed by atoms with Crippen molar-refractivity contribution >= 4 is 39.7 Å². The van der Waals surface area contributed by atoms with Crippen LogP contribution in [0.2, 0.25) is 0 Å². The molecule has 7 nitrogen and oxygen atoms in total. The van der Waals surface area contributed by atoms with E-state index in [4.69, 9.17) is 0 Å². The highest BCUT2D eigenvalue weighted by Gasteiger charge is 2.31. The summed E-state index contributed by atoms with van der Waals surface area (Å²) in [6.07, 6.45) is 1.81. The zero-order valence-electron chi connectivity index (χ0n) is 12.4. The predicted molar refractivity (Wildman–Crippen MR) is 86.1 cm³/mol. The maximum atomic E-state index is 12.4. The summed E-state index contributed by atoms with van der Waals surface area (Å²) in [5.74, 6) is -0.746. The Bertz CT molecular complexity index is 612. The zero-order valence-corrected chi connectivity index (χ0v) is 14.9. The maximum Gasteiger partial charge on any atom is 0.358 e. The fourth-order valence-electron chi connectivity index (χ4n) is 2.20. The molecule has 1 aromatic heterocycles. The fourth-order valence-corrected chi connectivity index (χ4v) is 4.57. The molecule has 1 aliphatic heterocycles. The molecule has 1 aromatic rings. The van der Waals surface area contributed by atoms with E-state index in [1.54, 1.807) is 0 Å². The van der Waals surface area contributed by atoms with Crippen LogP contribution in [0, 0.1) is 5.41 Å². The van der Waals surface area contributed by atoms with E-state index in [9.17, 15) is 13.2 Å². The quantitative estimate of drug-likeness (QED) is 0.752. The molecule has 0 unspecified atom stereocenters. The first-order chi connectivity index (χ1) is 9.88. The number of nitrogens with one attached hydrogen (secondary N) is 2. The Balaban J connectivity index is 0.00000242. The monoisotopic (exact) mass is 369 g/mol. The van der Waals surface area contributed by atoms with Crippen LogP contribution in [0.4, 0.5) is 0 Å². The summed E-state index contributed by atoms with van der Waals surface area (Å²) in [5.41, 5.74) is 1.09. The van der Waals surface area contributed by atoms with Gasteiger partial charge in [0.1, 0.15) is 0 Å². The highest BCUT2D eigenvalue weighted by atomic mass is 35.5. The molecule has 0 amide bonds. The van der Waals surface area contributed by atoms with Crippen LogP contribution >= 0.6 is 23.7 Å². The number of nitrogens with zero attached hydrogens (tertiary/aromatic N) is 1. The summed E-state index contributed by atoms with van der Waals surface area (Å²) in [7, 11) is -2.56. The lowest BCUT2D eigenvalue weighted by Crippen LogP contribution is -2.42. The van der Waals surface area contributed by atoms with Gasteiger partial charge in [-0.3, -0.25) is 0 Å². The van der Waals surface area contributed by atoms with Crippen molar-refractivity contribution < 1.29 is 17.9 Å². The van der Waals surface area contributed by atoms with Crippen molar-refractivity contribution in [2.75, 3.05) is 26.7 Å². The Morgan fingerprint density at radius 3 is 2.73 bits per heavy atom. The lowest BCUT2D eigenvalue weighted by molar-refractivity contribution is 0.0590. The second-order valence-electron chi connectivity index (χ2n) is 5.37. The second kappa shape index (κ2) is 7.69. The van der Waals surface area contributed by atoms with Crippen LogP contribution in [-0.4, -0.2) is 46.1 Å². The van der Waals surface area contributed by atoms with E-state index in [0.717, 1.165) is 37.3 Å². The lowest BCUT2D eigenvalue weighted by Gasteiger charge is -2.33. The molecular weight excluding hydrogens is 350 g/mol. The average Bonchev–Trinajstić information content (AvgIpc) is 2.96. The number of halogens is 1. The van der Waals surface area contributed by atoms with Gasteiger partial charge in [-0.15, -0.1) is 23.7 Å². The number of methoxy groups -OCH3 is 1. The Morgan fingerprint density at radius 2 is 2.14 bits per heavy atom. The molecule has 0 radical (unpaired) electrons. The second-order valence-corrected chi connectivity index (χ2v) is 8.18. The minimum absolute atomic E-state index is 0. The van der Waals surface area contributed by atoms with Crippen LogP contribution in [0.1, 0.15) is 30.3 Å². The van der Waals surface area contributed by atoms with E-state index in [1.807, 2.05) is 0 Å². The molecule has 0 aliphatic carbocycles. The lowest BCUT2D eigenvalue weighted by atomic mass is 9.81. The van der Waals surface area contributed by atoms with E-state index in [1.165, 1.54) is 12.6 Å². The smallest absolute Gasteiger partial charge is 0.358 e. The molecule has 0 atom stereocenters. The van der Waals surface area contributed by atoms with Gasteiger partial charge < -0.3 is 10.1 Å². The minimum atomic E-state index is -3.76. The third-order valence-corrected chi connectivity index (χ3v) is 6.43. The van der Waals surface area contributed by atoms with Crippen LogP contribution in [0.3, 0.4) is 0 Å². The molecular formula is C12H20ClN3O4S2. The van der Waals surface area contributed by atoms with Crippen molar-refractivity contribution in [3.05, 3.63) is 11.2 Å². The number of carbonyl (C=O) groups is 1. The first-order valence-corrected chi connectivity index (χ1v) is 8.96. The van der Waals surface area contributed by atoms with Crippen LogP contribution in [0.25, 0.3) is 0 Å². The number of hydrogen-bond acceptors (Lipinski definition) is 7. The van der Waals surface area contributed by atoms with Gasteiger partial charge in [0.05, 0.1) is 12.6 Å². The number of aromatic nitrogens is 1. The van der Waals surface area contributed by atoms with Crippen LogP contribution in [0.15, 0.2) is 9.72 Å². The number of sulfonamides is 1. The fraction of sp³-hybridized carbons (Fsp3) is 0.667. The van der Waals surface area contributed by atoms with Crippen molar-refractivity contribution in [3.8, 4) is 0 Å². The van der Waals surface area contributed by atoms with Crippen LogP contribution in [0.5, 0.6) is 0 Å². The van der Waals surface area contributed by atoms with Crippen molar-refractivity contribution in [2.45, 2.75) is 24.0 Å². The van der Waals surface area contributed by atoms with E-state index in [2.05, 4.69) is 26.7 Å². The van der Waals surface area contributed by atoms with Crippen molar-refractivity contribution in [2.24, 2.45) is 5.41 Å². The molecule has 10 heteroatoms. The van der Waals surface area contributed by atoms with Gasteiger partial charge in [0.15, 0.2) is 9.90 Å². The zero-order chi connectivity index (χ0) is 15.5. The number of carbonyl (C=O) groups excluding carboxylic acids is 1. The Morgan fingerprint density at radius 1 is 1.50 bits per heavy atom. The standard InChI is InChI=1S/C12H19N3O4S2.ClH/c1-12(3-5-13-6-4-12)7-15-21(17,18)11-9(10(16)19-2)14-8-20-11;/h8,13,15H,3-7H2,1-2H3;1H. The molecule has 0 aromatic carbocycles. The van der Waals surface area contributed by atoms with Gasteiger partial charge in [-0.1, -0.05) is 6.92 Å². The first-order valence-electron chi connectivity index (χ1n) is 6.60. The van der Waals surface area contributed by atoms with E-state index >= 15 is 0 Å². The van der Waals surface area contributed by atoms with Gasteiger partial charge in [-0.25, -0.2) is 22.9 Å². The van der Waals surface area contributed by atoms with Gasteiger partial charge in [0.25, 0.3) is 10.0 Å². The molecule has 0 spiro atoms. The van der Waals surface area contributed by atoms with Crippen molar-refractivity contribution in [1.29, 1.82) is 0 Å². The molecule has 22 heavy (non-hydrogen) atoms. The molecule has 126 valence electrons. The van der Waals surface area contributed by atoms with Gasteiger partial charge >= 0.3 is 5.97 Å². The van der Waals surface area contributed by atoms with Gasteiger partial charge in [0, 0.05) is 6.54 Å². The molecule has 0 saturated carbocycles. The molecule has 2 rings (SSSR count). The number of piperidine rings is 1. The number of hydrogen-bond donors (Lipinski definition) is 2. The third kappa shape index (κ3) is 4.39. The Hall–Kier alpha value is -0.740. The van der Waals surface area contributed by atoms with Crippen LogP contribution in [-0.2, 0) is 14.8 Å². The van der Waals surface area contributed by atoms with Gasteiger partial charge in [0.2, 0.25) is 0 Å². The van der Waals surface area contributed by atoms with Crippen molar-refractivity contribution in [1.82, 2.24) is 15.0 Å². The highest BCUT2D eigenvalue weighted by Crippen LogP contribution is 2.28. The number of thiazole rings is 1. The summed E-state index contributed by atoms with van der Waals surface area (Å²) < 4.78 is 31.8. The predicted octanol–water partition coefficient (Wildman–Crippen LogP) is 1.02. The molecule has 1 aliphatic rings. The molecule has 1 saturated heterocycles. The van der Waals surface area contributed by atoms with E-state index < -0.39 is 16.0 Å². The molecule has 0 bridgehead atoms. The number of ether oxygens (including phenoxy) is 1. The summed E-state index contributed by atoms with van der Waals surface area (Å²) in [6, 6.07) is 0. The normalized spacial score (nSPS) is 17.5. The highest BCUT2D eigenvalue weighted by molar-refractivity contribution is 7.91. The van der Waals surface area contributed by atoms with Gasteiger partial charge in [-0.05, 0) is 31.3 Å². The van der Waals surface area contributed by atoms with Crippen molar-refractivity contribution in [3.63, 3.8) is 0 Å². The Kier molecular flexibility index (Phi) is 6.75. The summed E-state index contributed by atoms with van der Waals surface area (Å²) in [5, 5.41) is 3.25. The summed E-state index contributed by atoms with van der Waals surface area (Å²) >= 11 is 0.911. The van der Waals surface area contributed by atoms with E-state index in [-0.39, 0.29) is 27.7 Å². The SMILES string of the molecule is COC(=O)c1ncsc1S(=O)(=O)NCC1(C)CCNCC1.Cl. The molecule has 2 heterocycles. The molecule has 2 N–H and O–H groups in total. The number of rotatable bonds is 5. The molecule has 1 fully saturated rings. The number of esters is 1. The topological polar surface area (TPSA) is 97.4 Å². The van der Waals surface area contributed by atoms with Crippen LogP contribution < -0.4 is 10.0 Å². The minimum Gasteiger partial charge on any atom is -0.464 e. The van der Waals surface area contributed by atoms with E-state index in [0.29, 0.717) is 6.54 Å². The Labute approximate surface area is 140 Å². The maximum absolute atomic E-state index is 12.4. The summed E-state index contributed by atoms with van der Waals surface area (Å²) in [6.45, 7) is 4.16. The van der Waals surface area contributed by atoms with Gasteiger partial charge in [-0.2, -0.15) is 0 Å². The largest absolute Gasteiger partial charge is 0.464 e.